The van der Waals surface area contributed by atoms with Crippen LogP contribution in [0, 0.1) is 5.92 Å². The molecule has 7 heteroatoms. The van der Waals surface area contributed by atoms with E-state index in [1.165, 1.54) is 22.7 Å². The number of thiophene rings is 2. The lowest BCUT2D eigenvalue weighted by atomic mass is 9.96. The van der Waals surface area contributed by atoms with Crippen LogP contribution in [-0.2, 0) is 15.6 Å². The molecule has 2 N–H and O–H groups in total. The van der Waals surface area contributed by atoms with Gasteiger partial charge in [0.2, 0.25) is 10.0 Å². The summed E-state index contributed by atoms with van der Waals surface area (Å²) in [7, 11) is -3.53. The Kier molecular flexibility index (Phi) is 3.72. The topological polar surface area (TPSA) is 66.4 Å². The van der Waals surface area contributed by atoms with Crippen LogP contribution in [0.15, 0.2) is 39.2 Å². The number of nitrogens with one attached hydrogen (secondary N) is 1. The molecule has 1 atom stereocenters. The molecule has 2 heterocycles. The molecular weight excluding hydrogens is 314 g/mol. The largest absolute Gasteiger partial charge is 0.383 e. The maximum absolute atomic E-state index is 12.1. The van der Waals surface area contributed by atoms with Crippen LogP contribution in [-0.4, -0.2) is 20.1 Å². The van der Waals surface area contributed by atoms with Gasteiger partial charge in [0.25, 0.3) is 0 Å². The molecule has 1 fully saturated rings. The Labute approximate surface area is 126 Å². The Balaban J connectivity index is 1.79. The van der Waals surface area contributed by atoms with Crippen molar-refractivity contribution in [2.24, 2.45) is 5.92 Å². The van der Waals surface area contributed by atoms with Gasteiger partial charge in [-0.25, -0.2) is 13.1 Å². The average molecular weight is 329 g/mol. The predicted molar refractivity (Wildman–Crippen MR) is 80.4 cm³/mol. The van der Waals surface area contributed by atoms with E-state index >= 15 is 0 Å². The summed E-state index contributed by atoms with van der Waals surface area (Å²) in [5, 5.41) is 14.5. The van der Waals surface area contributed by atoms with Crippen LogP contribution >= 0.6 is 22.7 Å². The standard InChI is InChI=1S/C13H15NO3S3/c15-13(10-5-6-10,11-3-1-7-18-11)9-14-20(16,17)12-4-2-8-19-12/h1-4,7-8,10,14-15H,5-6,9H2. The van der Waals surface area contributed by atoms with Crippen LogP contribution in [0.4, 0.5) is 0 Å². The maximum Gasteiger partial charge on any atom is 0.250 e. The zero-order chi connectivity index (χ0) is 14.2. The van der Waals surface area contributed by atoms with Gasteiger partial charge in [0.15, 0.2) is 0 Å². The number of hydrogen-bond acceptors (Lipinski definition) is 5. The van der Waals surface area contributed by atoms with Gasteiger partial charge in [-0.05, 0) is 41.7 Å². The molecular formula is C13H15NO3S3. The molecule has 0 spiro atoms. The van der Waals surface area contributed by atoms with Gasteiger partial charge in [-0.1, -0.05) is 12.1 Å². The molecule has 3 rings (SSSR count). The minimum absolute atomic E-state index is 0.0262. The van der Waals surface area contributed by atoms with Crippen molar-refractivity contribution < 1.29 is 13.5 Å². The third-order valence-electron chi connectivity index (χ3n) is 3.49. The second-order valence-electron chi connectivity index (χ2n) is 4.93. The van der Waals surface area contributed by atoms with Crippen LogP contribution < -0.4 is 4.72 Å². The highest BCUT2D eigenvalue weighted by Crippen LogP contribution is 2.46. The smallest absolute Gasteiger partial charge is 0.250 e. The van der Waals surface area contributed by atoms with Gasteiger partial charge in [-0.15, -0.1) is 22.7 Å². The molecule has 108 valence electrons. The summed E-state index contributed by atoms with van der Waals surface area (Å²) in [5.74, 6) is 0.146. The molecule has 4 nitrogen and oxygen atoms in total. The molecule has 0 saturated heterocycles. The lowest BCUT2D eigenvalue weighted by molar-refractivity contribution is 0.0222. The average Bonchev–Trinajstić information content (AvgIpc) is 2.96. The van der Waals surface area contributed by atoms with E-state index in [4.69, 9.17) is 0 Å². The first-order valence-corrected chi connectivity index (χ1v) is 9.56. The number of hydrogen-bond donors (Lipinski definition) is 2. The summed E-state index contributed by atoms with van der Waals surface area (Å²) in [4.78, 5) is 0.828. The number of aliphatic hydroxyl groups is 1. The maximum atomic E-state index is 12.1. The van der Waals surface area contributed by atoms with Gasteiger partial charge in [-0.2, -0.15) is 0 Å². The third kappa shape index (κ3) is 2.68. The second-order valence-corrected chi connectivity index (χ2v) is 8.82. The number of sulfonamides is 1. The lowest BCUT2D eigenvalue weighted by Gasteiger charge is -2.27. The molecule has 0 radical (unpaired) electrons. The highest BCUT2D eigenvalue weighted by Gasteiger charge is 2.46. The Morgan fingerprint density at radius 2 is 1.95 bits per heavy atom. The molecule has 1 saturated carbocycles. The van der Waals surface area contributed by atoms with Gasteiger partial charge >= 0.3 is 0 Å². The van der Waals surface area contributed by atoms with Crippen molar-refractivity contribution in [3.63, 3.8) is 0 Å². The Bertz CT molecular complexity index is 660. The summed E-state index contributed by atoms with van der Waals surface area (Å²) in [6, 6.07) is 7.00. The molecule has 1 aliphatic rings. The van der Waals surface area contributed by atoms with Crippen molar-refractivity contribution >= 4 is 32.7 Å². The normalized spacial score (nSPS) is 18.9. The van der Waals surface area contributed by atoms with Crippen molar-refractivity contribution in [1.29, 1.82) is 0 Å². The van der Waals surface area contributed by atoms with Crippen molar-refractivity contribution in [3.8, 4) is 0 Å². The fraction of sp³-hybridized carbons (Fsp3) is 0.385. The first-order chi connectivity index (χ1) is 9.52. The van der Waals surface area contributed by atoms with Crippen molar-refractivity contribution in [3.05, 3.63) is 39.9 Å². The SMILES string of the molecule is O=S(=O)(NCC(O)(c1cccs1)C1CC1)c1cccs1. The minimum Gasteiger partial charge on any atom is -0.383 e. The highest BCUT2D eigenvalue weighted by molar-refractivity contribution is 7.91. The molecule has 0 amide bonds. The monoisotopic (exact) mass is 329 g/mol. The lowest BCUT2D eigenvalue weighted by Crippen LogP contribution is -2.41. The second kappa shape index (κ2) is 5.23. The van der Waals surface area contributed by atoms with Crippen molar-refractivity contribution in [2.45, 2.75) is 22.7 Å². The summed E-state index contributed by atoms with van der Waals surface area (Å²) >= 11 is 2.64. The van der Waals surface area contributed by atoms with E-state index in [0.717, 1.165) is 17.7 Å². The zero-order valence-corrected chi connectivity index (χ0v) is 13.1. The van der Waals surface area contributed by atoms with Gasteiger partial charge < -0.3 is 5.11 Å². The molecule has 0 aromatic carbocycles. The molecule has 0 aliphatic heterocycles. The first-order valence-electron chi connectivity index (χ1n) is 6.32. The molecule has 1 unspecified atom stereocenters. The molecule has 0 bridgehead atoms. The van der Waals surface area contributed by atoms with Crippen LogP contribution in [0.25, 0.3) is 0 Å². The minimum atomic E-state index is -3.53. The predicted octanol–water partition coefficient (Wildman–Crippen LogP) is 2.39. The van der Waals surface area contributed by atoms with Crippen molar-refractivity contribution in [1.82, 2.24) is 4.72 Å². The van der Waals surface area contributed by atoms with Gasteiger partial charge in [0, 0.05) is 11.4 Å². The molecule has 20 heavy (non-hydrogen) atoms. The first kappa shape index (κ1) is 14.2. The molecule has 1 aliphatic carbocycles. The third-order valence-corrected chi connectivity index (χ3v) is 7.33. The summed E-state index contributed by atoms with van der Waals surface area (Å²) in [6.45, 7) is 0.0262. The highest BCUT2D eigenvalue weighted by atomic mass is 32.2. The summed E-state index contributed by atoms with van der Waals surface area (Å²) < 4.78 is 27.1. The fourth-order valence-electron chi connectivity index (χ4n) is 2.21. The van der Waals surface area contributed by atoms with Gasteiger partial charge in [0.1, 0.15) is 9.81 Å². The van der Waals surface area contributed by atoms with Gasteiger partial charge in [0.05, 0.1) is 0 Å². The molecule has 2 aromatic heterocycles. The van der Waals surface area contributed by atoms with Crippen LogP contribution in [0.3, 0.4) is 0 Å². The Hall–Kier alpha value is -0.730. The van der Waals surface area contributed by atoms with E-state index in [1.54, 1.807) is 17.5 Å². The van der Waals surface area contributed by atoms with E-state index in [9.17, 15) is 13.5 Å². The van der Waals surface area contributed by atoms with Crippen molar-refractivity contribution in [2.75, 3.05) is 6.54 Å². The van der Waals surface area contributed by atoms with Crippen LogP contribution in [0.5, 0.6) is 0 Å². The quantitative estimate of drug-likeness (QED) is 0.855. The summed E-state index contributed by atoms with van der Waals surface area (Å²) in [6.07, 6.45) is 1.88. The summed E-state index contributed by atoms with van der Waals surface area (Å²) in [5.41, 5.74) is -1.08. The van der Waals surface area contributed by atoms with E-state index in [1.807, 2.05) is 17.5 Å². The van der Waals surface area contributed by atoms with Gasteiger partial charge in [-0.3, -0.25) is 0 Å². The Morgan fingerprint density at radius 1 is 1.25 bits per heavy atom. The van der Waals surface area contributed by atoms with Crippen LogP contribution in [0.1, 0.15) is 17.7 Å². The van der Waals surface area contributed by atoms with E-state index in [0.29, 0.717) is 0 Å². The van der Waals surface area contributed by atoms with E-state index < -0.39 is 15.6 Å². The fourth-order valence-corrected chi connectivity index (χ4v) is 5.22. The molecule has 2 aromatic rings. The zero-order valence-electron chi connectivity index (χ0n) is 10.7. The van der Waals surface area contributed by atoms with Crippen LogP contribution in [0.2, 0.25) is 0 Å². The van der Waals surface area contributed by atoms with E-state index in [-0.39, 0.29) is 16.7 Å². The number of rotatable bonds is 6. The van der Waals surface area contributed by atoms with E-state index in [2.05, 4.69) is 4.72 Å². The Morgan fingerprint density at radius 3 is 2.50 bits per heavy atom.